The number of sulfonamides is 1. The highest BCUT2D eigenvalue weighted by Crippen LogP contribution is 2.30. The van der Waals surface area contributed by atoms with Gasteiger partial charge in [-0.05, 0) is 36.9 Å². The molecule has 1 saturated heterocycles. The van der Waals surface area contributed by atoms with Gasteiger partial charge in [-0.25, -0.2) is 8.42 Å². The van der Waals surface area contributed by atoms with Crippen LogP contribution in [0.4, 0.5) is 0 Å². The fourth-order valence-corrected chi connectivity index (χ4v) is 5.11. The molecule has 166 valence electrons. The Hall–Kier alpha value is -2.62. The highest BCUT2D eigenvalue weighted by molar-refractivity contribution is 7.88. The van der Waals surface area contributed by atoms with Crippen molar-refractivity contribution in [3.8, 4) is 11.5 Å². The highest BCUT2D eigenvalue weighted by Gasteiger charge is 2.26. The molecule has 0 spiro atoms. The van der Waals surface area contributed by atoms with Gasteiger partial charge in [0, 0.05) is 31.7 Å². The molecule has 0 aliphatic carbocycles. The topological polar surface area (TPSA) is 88.2 Å². The van der Waals surface area contributed by atoms with E-state index in [0.29, 0.717) is 48.9 Å². The summed E-state index contributed by atoms with van der Waals surface area (Å²) in [7, 11) is -1.38. The third-order valence-corrected chi connectivity index (χ3v) is 7.33. The first-order valence-corrected chi connectivity index (χ1v) is 11.9. The zero-order valence-corrected chi connectivity index (χ0v) is 18.3. The van der Waals surface area contributed by atoms with Gasteiger partial charge in [0.2, 0.25) is 10.0 Å². The van der Waals surface area contributed by atoms with Crippen molar-refractivity contribution in [1.29, 1.82) is 0 Å². The maximum atomic E-state index is 12.6. The second-order valence-electron chi connectivity index (χ2n) is 7.86. The number of nitrogens with one attached hydrogen (secondary N) is 1. The second kappa shape index (κ2) is 9.25. The van der Waals surface area contributed by atoms with E-state index in [1.165, 1.54) is 4.31 Å². The lowest BCUT2D eigenvalue weighted by Gasteiger charge is -2.31. The molecule has 0 aromatic heterocycles. The second-order valence-corrected chi connectivity index (χ2v) is 9.83. The number of ether oxygens (including phenoxy) is 2. The van der Waals surface area contributed by atoms with E-state index in [-0.39, 0.29) is 17.8 Å². The van der Waals surface area contributed by atoms with E-state index in [1.54, 1.807) is 24.3 Å². The summed E-state index contributed by atoms with van der Waals surface area (Å²) in [6, 6.07) is 14.1. The largest absolute Gasteiger partial charge is 0.486 e. The molecule has 2 heterocycles. The van der Waals surface area contributed by atoms with Crippen LogP contribution in [-0.4, -0.2) is 76.0 Å². The maximum absolute atomic E-state index is 12.6. The molecule has 0 unspecified atom stereocenters. The molecule has 2 aromatic carbocycles. The number of amides is 1. The molecule has 31 heavy (non-hydrogen) atoms. The van der Waals surface area contributed by atoms with Crippen LogP contribution in [0.5, 0.6) is 11.5 Å². The summed E-state index contributed by atoms with van der Waals surface area (Å²) in [5, 5.41) is 2.85. The summed E-state index contributed by atoms with van der Waals surface area (Å²) in [4.78, 5) is 14.6. The third kappa shape index (κ3) is 5.36. The van der Waals surface area contributed by atoms with Crippen LogP contribution in [0.25, 0.3) is 0 Å². The van der Waals surface area contributed by atoms with Crippen molar-refractivity contribution in [2.24, 2.45) is 0 Å². The molecule has 1 atom stereocenters. The number of hydrogen-bond acceptors (Lipinski definition) is 6. The Morgan fingerprint density at radius 1 is 1.03 bits per heavy atom. The van der Waals surface area contributed by atoms with Gasteiger partial charge in [-0.3, -0.25) is 4.79 Å². The Kier molecular flexibility index (Phi) is 6.45. The molecular weight excluding hydrogens is 418 g/mol. The maximum Gasteiger partial charge on any atom is 0.251 e. The Bertz CT molecular complexity index is 1020. The fraction of sp³-hybridized carbons (Fsp3) is 0.409. The first-order valence-electron chi connectivity index (χ1n) is 10.3. The van der Waals surface area contributed by atoms with Gasteiger partial charge >= 0.3 is 0 Å². The normalized spacial score (nSPS) is 19.7. The van der Waals surface area contributed by atoms with E-state index in [0.717, 1.165) is 13.1 Å². The summed E-state index contributed by atoms with van der Waals surface area (Å²) in [5.74, 6) is 1.06. The minimum Gasteiger partial charge on any atom is -0.486 e. The lowest BCUT2D eigenvalue weighted by Crippen LogP contribution is -2.47. The van der Waals surface area contributed by atoms with E-state index in [2.05, 4.69) is 10.2 Å². The van der Waals surface area contributed by atoms with Crippen molar-refractivity contribution in [1.82, 2.24) is 14.5 Å². The fourth-order valence-electron chi connectivity index (χ4n) is 3.59. The summed E-state index contributed by atoms with van der Waals surface area (Å²) in [5.41, 5.74) is 1.13. The van der Waals surface area contributed by atoms with Crippen LogP contribution < -0.4 is 14.8 Å². The molecular formula is C22H27N3O5S. The van der Waals surface area contributed by atoms with Crippen LogP contribution in [0.3, 0.4) is 0 Å². The summed E-state index contributed by atoms with van der Waals surface area (Å²) >= 11 is 0. The average Bonchev–Trinajstić information content (AvgIpc) is 2.78. The number of likely N-dealkylation sites (N-methyl/N-ethyl adjacent to an activating group) is 1. The van der Waals surface area contributed by atoms with Crippen molar-refractivity contribution in [3.05, 3.63) is 59.7 Å². The van der Waals surface area contributed by atoms with Gasteiger partial charge in [-0.1, -0.05) is 24.3 Å². The van der Waals surface area contributed by atoms with Crippen LogP contribution in [0, 0.1) is 0 Å². The number of rotatable bonds is 6. The standard InChI is InChI=1S/C22H27N3O5S/c1-24-10-12-25(13-11-24)31(27,28)16-17-6-8-18(9-7-17)22(26)23-14-19-15-29-20-4-2-3-5-21(20)30-19/h2-9,19H,10-16H2,1H3,(H,23,26)/t19-/m1/s1. The first kappa shape index (κ1) is 21.6. The lowest BCUT2D eigenvalue weighted by atomic mass is 10.1. The van der Waals surface area contributed by atoms with Crippen LogP contribution in [0.1, 0.15) is 15.9 Å². The third-order valence-electron chi connectivity index (χ3n) is 5.48. The van der Waals surface area contributed by atoms with Crippen LogP contribution in [0.2, 0.25) is 0 Å². The van der Waals surface area contributed by atoms with Crippen LogP contribution >= 0.6 is 0 Å². The van der Waals surface area contributed by atoms with E-state index in [4.69, 9.17) is 9.47 Å². The van der Waals surface area contributed by atoms with Gasteiger partial charge in [0.25, 0.3) is 5.91 Å². The number of piperazine rings is 1. The zero-order valence-electron chi connectivity index (χ0n) is 17.5. The van der Waals surface area contributed by atoms with Crippen LogP contribution in [0.15, 0.2) is 48.5 Å². The summed E-state index contributed by atoms with van der Waals surface area (Å²) < 4.78 is 38.3. The number of fused-ring (bicyclic) bond motifs is 1. The van der Waals surface area contributed by atoms with Gasteiger partial charge in [0.1, 0.15) is 12.7 Å². The van der Waals surface area contributed by atoms with Crippen molar-refractivity contribution in [3.63, 3.8) is 0 Å². The molecule has 0 bridgehead atoms. The lowest BCUT2D eigenvalue weighted by molar-refractivity contribution is 0.0789. The quantitative estimate of drug-likeness (QED) is 0.722. The predicted molar refractivity (Wildman–Crippen MR) is 117 cm³/mol. The molecule has 4 rings (SSSR count). The number of carbonyl (C=O) groups excluding carboxylic acids is 1. The smallest absolute Gasteiger partial charge is 0.251 e. The van der Waals surface area contributed by atoms with Gasteiger partial charge in [0.15, 0.2) is 11.5 Å². The van der Waals surface area contributed by atoms with E-state index in [1.807, 2.05) is 31.3 Å². The number of para-hydroxylation sites is 2. The van der Waals surface area contributed by atoms with Crippen molar-refractivity contribution < 1.29 is 22.7 Å². The van der Waals surface area contributed by atoms with Gasteiger partial charge in [0.05, 0.1) is 12.3 Å². The Labute approximate surface area is 182 Å². The number of hydrogen-bond donors (Lipinski definition) is 1. The van der Waals surface area contributed by atoms with Crippen molar-refractivity contribution >= 4 is 15.9 Å². The number of benzene rings is 2. The SMILES string of the molecule is CN1CCN(S(=O)(=O)Cc2ccc(C(=O)NC[C@@H]3COc4ccccc4O3)cc2)CC1. The van der Waals surface area contributed by atoms with E-state index >= 15 is 0 Å². The van der Waals surface area contributed by atoms with Crippen LogP contribution in [-0.2, 0) is 15.8 Å². The molecule has 8 nitrogen and oxygen atoms in total. The minimum absolute atomic E-state index is 0.0642. The summed E-state index contributed by atoms with van der Waals surface area (Å²) in [6.07, 6.45) is -0.271. The molecule has 0 radical (unpaired) electrons. The number of nitrogens with zero attached hydrogens (tertiary/aromatic N) is 2. The monoisotopic (exact) mass is 445 g/mol. The van der Waals surface area contributed by atoms with Gasteiger partial charge in [-0.15, -0.1) is 0 Å². The van der Waals surface area contributed by atoms with Crippen molar-refractivity contribution in [2.75, 3.05) is 46.4 Å². The first-order chi connectivity index (χ1) is 14.9. The highest BCUT2D eigenvalue weighted by atomic mass is 32.2. The molecule has 1 N–H and O–H groups in total. The minimum atomic E-state index is -3.37. The Balaban J connectivity index is 1.29. The molecule has 2 aromatic rings. The Morgan fingerprint density at radius 3 is 2.42 bits per heavy atom. The zero-order chi connectivity index (χ0) is 21.8. The van der Waals surface area contributed by atoms with Gasteiger partial charge < -0.3 is 19.7 Å². The number of carbonyl (C=O) groups is 1. The average molecular weight is 446 g/mol. The summed E-state index contributed by atoms with van der Waals surface area (Å²) in [6.45, 7) is 3.17. The molecule has 2 aliphatic heterocycles. The molecule has 0 saturated carbocycles. The van der Waals surface area contributed by atoms with Crippen molar-refractivity contribution in [2.45, 2.75) is 11.9 Å². The molecule has 1 amide bonds. The Morgan fingerprint density at radius 2 is 1.71 bits per heavy atom. The molecule has 1 fully saturated rings. The molecule has 9 heteroatoms. The van der Waals surface area contributed by atoms with E-state index in [9.17, 15) is 13.2 Å². The van der Waals surface area contributed by atoms with E-state index < -0.39 is 10.0 Å². The predicted octanol–water partition coefficient (Wildman–Crippen LogP) is 1.33. The molecule has 2 aliphatic rings. The van der Waals surface area contributed by atoms with Gasteiger partial charge in [-0.2, -0.15) is 4.31 Å².